The van der Waals surface area contributed by atoms with E-state index in [2.05, 4.69) is 25.3 Å². The van der Waals surface area contributed by atoms with Crippen LogP contribution in [0.2, 0.25) is 0 Å². The van der Waals surface area contributed by atoms with E-state index in [1.54, 1.807) is 28.5 Å². The molecule has 3 aromatic heterocycles. The van der Waals surface area contributed by atoms with Gasteiger partial charge < -0.3 is 10.2 Å². The van der Waals surface area contributed by atoms with Crippen LogP contribution in [0.5, 0.6) is 0 Å². The van der Waals surface area contributed by atoms with Crippen molar-refractivity contribution in [2.24, 2.45) is 7.05 Å². The maximum Gasteiger partial charge on any atom is 0.252 e. The number of nitrogens with zero attached hydrogens (tertiary/aromatic N) is 5. The fraction of sp³-hybridized carbons (Fsp3) is 0.316. The van der Waals surface area contributed by atoms with Crippen LogP contribution < -0.4 is 10.2 Å². The summed E-state index contributed by atoms with van der Waals surface area (Å²) in [6.07, 6.45) is 6.24. The number of ketones is 1. The number of hydrogen-bond donors (Lipinski definition) is 1. The van der Waals surface area contributed by atoms with Crippen molar-refractivity contribution in [2.45, 2.75) is 19.4 Å². The van der Waals surface area contributed by atoms with Gasteiger partial charge in [0.1, 0.15) is 0 Å². The van der Waals surface area contributed by atoms with Crippen molar-refractivity contribution in [1.29, 1.82) is 0 Å². The number of nitrogens with one attached hydrogen (secondary N) is 1. The molecule has 0 aromatic carbocycles. The molecule has 1 amide bonds. The highest BCUT2D eigenvalue weighted by atomic mass is 32.1. The third-order valence-electron chi connectivity index (χ3n) is 4.66. The molecule has 1 atom stereocenters. The summed E-state index contributed by atoms with van der Waals surface area (Å²) in [5.74, 6) is 0.467. The van der Waals surface area contributed by atoms with Gasteiger partial charge >= 0.3 is 0 Å². The molecular formula is C19H20N6O2S. The Bertz CT molecular complexity index is 1030. The number of carbonyl (C=O) groups excluding carboxylic acids is 2. The normalized spacial score (nSPS) is 16.4. The van der Waals surface area contributed by atoms with Gasteiger partial charge in [-0.3, -0.25) is 14.3 Å². The zero-order valence-corrected chi connectivity index (χ0v) is 16.4. The Morgan fingerprint density at radius 2 is 2.21 bits per heavy atom. The van der Waals surface area contributed by atoms with Gasteiger partial charge in [0.25, 0.3) is 5.91 Å². The van der Waals surface area contributed by atoms with Gasteiger partial charge in [-0.2, -0.15) is 5.10 Å². The zero-order chi connectivity index (χ0) is 19.7. The lowest BCUT2D eigenvalue weighted by Crippen LogP contribution is -2.37. The number of aryl methyl sites for hydroxylation is 1. The van der Waals surface area contributed by atoms with Gasteiger partial charge in [-0.25, -0.2) is 9.97 Å². The quantitative estimate of drug-likeness (QED) is 0.664. The molecule has 0 spiro atoms. The van der Waals surface area contributed by atoms with Crippen molar-refractivity contribution in [3.8, 4) is 11.3 Å². The van der Waals surface area contributed by atoms with E-state index in [9.17, 15) is 9.59 Å². The maximum atomic E-state index is 12.4. The van der Waals surface area contributed by atoms with E-state index in [4.69, 9.17) is 0 Å². The van der Waals surface area contributed by atoms with E-state index in [1.807, 2.05) is 19.3 Å². The summed E-state index contributed by atoms with van der Waals surface area (Å²) in [6, 6.07) is 3.52. The SMILES string of the molecule is CC(=O)c1cc(C(=O)NC2CCN(c3nccc(-c4cnn(C)c4)n3)C2)cs1. The third kappa shape index (κ3) is 3.79. The van der Waals surface area contributed by atoms with Crippen LogP contribution in [0.4, 0.5) is 5.95 Å². The zero-order valence-electron chi connectivity index (χ0n) is 15.6. The molecule has 144 valence electrons. The van der Waals surface area contributed by atoms with Crippen molar-refractivity contribution in [1.82, 2.24) is 25.1 Å². The highest BCUT2D eigenvalue weighted by Crippen LogP contribution is 2.21. The van der Waals surface area contributed by atoms with E-state index in [-0.39, 0.29) is 17.7 Å². The molecule has 8 nitrogen and oxygen atoms in total. The van der Waals surface area contributed by atoms with Gasteiger partial charge in [0.15, 0.2) is 5.78 Å². The highest BCUT2D eigenvalue weighted by Gasteiger charge is 2.26. The van der Waals surface area contributed by atoms with E-state index >= 15 is 0 Å². The first-order valence-corrected chi connectivity index (χ1v) is 9.85. The molecule has 1 fully saturated rings. The van der Waals surface area contributed by atoms with E-state index in [0.29, 0.717) is 22.9 Å². The smallest absolute Gasteiger partial charge is 0.252 e. The summed E-state index contributed by atoms with van der Waals surface area (Å²) in [7, 11) is 1.87. The number of rotatable bonds is 5. The average molecular weight is 396 g/mol. The molecule has 4 heterocycles. The summed E-state index contributed by atoms with van der Waals surface area (Å²) >= 11 is 1.29. The van der Waals surface area contributed by atoms with Crippen molar-refractivity contribution in [3.05, 3.63) is 46.5 Å². The molecule has 0 radical (unpaired) electrons. The van der Waals surface area contributed by atoms with Crippen LogP contribution in [0.1, 0.15) is 33.4 Å². The van der Waals surface area contributed by atoms with Crippen molar-refractivity contribution >= 4 is 29.0 Å². The lowest BCUT2D eigenvalue weighted by Gasteiger charge is -2.17. The van der Waals surface area contributed by atoms with E-state index in [0.717, 1.165) is 24.2 Å². The van der Waals surface area contributed by atoms with E-state index in [1.165, 1.54) is 18.3 Å². The van der Waals surface area contributed by atoms with Gasteiger partial charge in [-0.15, -0.1) is 11.3 Å². The predicted octanol–water partition coefficient (Wildman–Crippen LogP) is 2.15. The number of aromatic nitrogens is 4. The van der Waals surface area contributed by atoms with Crippen LogP contribution in [-0.2, 0) is 7.05 Å². The minimum absolute atomic E-state index is 0.0128. The van der Waals surface area contributed by atoms with Gasteiger partial charge in [0.05, 0.1) is 22.3 Å². The average Bonchev–Trinajstić information content (AvgIpc) is 3.42. The largest absolute Gasteiger partial charge is 0.347 e. The molecular weight excluding hydrogens is 376 g/mol. The monoisotopic (exact) mass is 396 g/mol. The lowest BCUT2D eigenvalue weighted by molar-refractivity contribution is 0.0940. The fourth-order valence-electron chi connectivity index (χ4n) is 3.18. The number of hydrogen-bond acceptors (Lipinski definition) is 7. The molecule has 0 aliphatic carbocycles. The van der Waals surface area contributed by atoms with Crippen molar-refractivity contribution < 1.29 is 9.59 Å². The van der Waals surface area contributed by atoms with Crippen molar-refractivity contribution in [3.63, 3.8) is 0 Å². The predicted molar refractivity (Wildman–Crippen MR) is 107 cm³/mol. The molecule has 1 unspecified atom stereocenters. The first-order valence-electron chi connectivity index (χ1n) is 8.97. The first-order chi connectivity index (χ1) is 13.5. The maximum absolute atomic E-state index is 12.4. The van der Waals surface area contributed by atoms with E-state index < -0.39 is 0 Å². The molecule has 3 aromatic rings. The fourth-order valence-corrected chi connectivity index (χ4v) is 3.97. The van der Waals surface area contributed by atoms with Crippen LogP contribution in [0, 0.1) is 0 Å². The molecule has 0 bridgehead atoms. The number of Topliss-reactive ketones (excluding diaryl/α,β-unsaturated/α-hetero) is 1. The lowest BCUT2D eigenvalue weighted by atomic mass is 10.2. The standard InChI is InChI=1S/C19H20N6O2S/c1-12(26)17-7-13(11-28-17)18(27)22-15-4-6-25(10-15)19-20-5-3-16(23-19)14-8-21-24(2)9-14/h3,5,7-9,11,15H,4,6,10H2,1-2H3,(H,22,27). The Morgan fingerprint density at radius 3 is 2.93 bits per heavy atom. The second-order valence-corrected chi connectivity index (χ2v) is 7.72. The Morgan fingerprint density at radius 1 is 1.36 bits per heavy atom. The van der Waals surface area contributed by atoms with Crippen molar-refractivity contribution in [2.75, 3.05) is 18.0 Å². The molecule has 9 heteroatoms. The number of carbonyl (C=O) groups is 2. The molecule has 1 saturated heterocycles. The van der Waals surface area contributed by atoms with Crippen LogP contribution in [0.25, 0.3) is 11.3 Å². The van der Waals surface area contributed by atoms with Gasteiger partial charge in [-0.05, 0) is 25.5 Å². The summed E-state index contributed by atoms with van der Waals surface area (Å²) in [5, 5.41) is 8.95. The van der Waals surface area contributed by atoms with Gasteiger partial charge in [0.2, 0.25) is 5.95 Å². The summed E-state index contributed by atoms with van der Waals surface area (Å²) < 4.78 is 1.74. The summed E-state index contributed by atoms with van der Waals surface area (Å²) in [5.41, 5.74) is 2.29. The molecule has 28 heavy (non-hydrogen) atoms. The second kappa shape index (κ2) is 7.51. The highest BCUT2D eigenvalue weighted by molar-refractivity contribution is 7.12. The van der Waals surface area contributed by atoms with Crippen LogP contribution in [0.3, 0.4) is 0 Å². The minimum atomic E-state index is -0.152. The van der Waals surface area contributed by atoms with Crippen LogP contribution in [-0.4, -0.2) is 50.6 Å². The number of anilines is 1. The van der Waals surface area contributed by atoms with Gasteiger partial charge in [0, 0.05) is 49.5 Å². The molecule has 1 aliphatic rings. The minimum Gasteiger partial charge on any atom is -0.347 e. The van der Waals surface area contributed by atoms with Gasteiger partial charge in [-0.1, -0.05) is 0 Å². The third-order valence-corrected chi connectivity index (χ3v) is 5.69. The number of amides is 1. The molecule has 0 saturated carbocycles. The van der Waals surface area contributed by atoms with Crippen LogP contribution in [0.15, 0.2) is 36.1 Å². The summed E-state index contributed by atoms with van der Waals surface area (Å²) in [4.78, 5) is 35.6. The Hall–Kier alpha value is -3.07. The Balaban J connectivity index is 1.41. The first kappa shape index (κ1) is 18.3. The second-order valence-electron chi connectivity index (χ2n) is 6.81. The molecule has 1 N–H and O–H groups in total. The topological polar surface area (TPSA) is 93.0 Å². The van der Waals surface area contributed by atoms with Crippen LogP contribution >= 0.6 is 11.3 Å². The Labute approximate surface area is 166 Å². The number of thiophene rings is 1. The molecule has 4 rings (SSSR count). The molecule has 1 aliphatic heterocycles. The summed E-state index contributed by atoms with van der Waals surface area (Å²) in [6.45, 7) is 2.91. The Kier molecular flexibility index (Phi) is 4.91.